The lowest BCUT2D eigenvalue weighted by atomic mass is 10.1. The smallest absolute Gasteiger partial charge is 0.0850 e. The second kappa shape index (κ2) is 5.84. The van der Waals surface area contributed by atoms with Crippen LogP contribution in [0.3, 0.4) is 0 Å². The highest BCUT2D eigenvalue weighted by Crippen LogP contribution is 2.27. The number of hydrazine groups is 1. The zero-order valence-electron chi connectivity index (χ0n) is 10.5. The minimum atomic E-state index is 0.0719. The van der Waals surface area contributed by atoms with E-state index >= 15 is 0 Å². The summed E-state index contributed by atoms with van der Waals surface area (Å²) in [6.07, 6.45) is 1.58. The normalized spacial score (nSPS) is 12.9. The number of aromatic nitrogens is 2. The number of nitrogens with zero attached hydrogens (tertiary/aromatic N) is 2. The van der Waals surface area contributed by atoms with Crippen LogP contribution < -0.4 is 11.3 Å². The second-order valence-corrected chi connectivity index (χ2v) is 5.48. The monoisotopic (exact) mass is 284 g/mol. The molecule has 0 saturated heterocycles. The third kappa shape index (κ3) is 2.59. The standard InChI is InChI=1S/C12H17ClN4S/c1-3-8-12(13)10(17(2)16-8)7-9(15-14)11-5-4-6-18-11/h4-6,9,15H,3,7,14H2,1-2H3. The van der Waals surface area contributed by atoms with Gasteiger partial charge in [0.1, 0.15) is 0 Å². The predicted molar refractivity (Wildman–Crippen MR) is 75.7 cm³/mol. The Morgan fingerprint density at radius 1 is 1.61 bits per heavy atom. The number of halogens is 1. The average molecular weight is 285 g/mol. The van der Waals surface area contributed by atoms with Crippen molar-refractivity contribution in [2.24, 2.45) is 12.9 Å². The van der Waals surface area contributed by atoms with E-state index in [0.29, 0.717) is 0 Å². The summed E-state index contributed by atoms with van der Waals surface area (Å²) >= 11 is 8.03. The van der Waals surface area contributed by atoms with Crippen LogP contribution in [0.1, 0.15) is 29.2 Å². The zero-order valence-corrected chi connectivity index (χ0v) is 12.1. The van der Waals surface area contributed by atoms with Gasteiger partial charge >= 0.3 is 0 Å². The van der Waals surface area contributed by atoms with Gasteiger partial charge in [-0.25, -0.2) is 0 Å². The van der Waals surface area contributed by atoms with Gasteiger partial charge in [0, 0.05) is 18.3 Å². The van der Waals surface area contributed by atoms with Crippen LogP contribution in [0.15, 0.2) is 17.5 Å². The Bertz CT molecular complexity index is 506. The highest BCUT2D eigenvalue weighted by molar-refractivity contribution is 7.10. The summed E-state index contributed by atoms with van der Waals surface area (Å²) in [4.78, 5) is 1.20. The van der Waals surface area contributed by atoms with Crippen molar-refractivity contribution in [3.8, 4) is 0 Å². The number of hydrogen-bond acceptors (Lipinski definition) is 4. The first-order chi connectivity index (χ1) is 8.67. The van der Waals surface area contributed by atoms with Crippen LogP contribution in [0.2, 0.25) is 5.02 Å². The van der Waals surface area contributed by atoms with E-state index in [2.05, 4.69) is 23.5 Å². The fourth-order valence-corrected chi connectivity index (χ4v) is 3.12. The molecule has 3 N–H and O–H groups in total. The fourth-order valence-electron chi connectivity index (χ4n) is 1.97. The van der Waals surface area contributed by atoms with E-state index in [0.717, 1.165) is 29.3 Å². The van der Waals surface area contributed by atoms with Crippen LogP contribution in [0, 0.1) is 0 Å². The Morgan fingerprint density at radius 2 is 2.39 bits per heavy atom. The molecule has 0 aliphatic carbocycles. The Labute approximate surface area is 116 Å². The van der Waals surface area contributed by atoms with Crippen molar-refractivity contribution in [2.45, 2.75) is 25.8 Å². The maximum absolute atomic E-state index is 6.34. The molecule has 2 aromatic rings. The Kier molecular flexibility index (Phi) is 4.40. The third-order valence-electron chi connectivity index (χ3n) is 2.99. The first-order valence-corrected chi connectivity index (χ1v) is 7.12. The van der Waals surface area contributed by atoms with Crippen molar-refractivity contribution in [2.75, 3.05) is 0 Å². The summed E-state index contributed by atoms with van der Waals surface area (Å²) in [5, 5.41) is 7.22. The van der Waals surface area contributed by atoms with Crippen molar-refractivity contribution < 1.29 is 0 Å². The fraction of sp³-hybridized carbons (Fsp3) is 0.417. The average Bonchev–Trinajstić information content (AvgIpc) is 2.97. The number of nitrogens with one attached hydrogen (secondary N) is 1. The lowest BCUT2D eigenvalue weighted by Crippen LogP contribution is -2.29. The number of nitrogens with two attached hydrogens (primary N) is 1. The Hall–Kier alpha value is -0.880. The topological polar surface area (TPSA) is 55.9 Å². The molecular weight excluding hydrogens is 268 g/mol. The van der Waals surface area contributed by atoms with E-state index in [1.807, 2.05) is 23.2 Å². The van der Waals surface area contributed by atoms with Crippen molar-refractivity contribution in [1.29, 1.82) is 0 Å². The van der Waals surface area contributed by atoms with Crippen LogP contribution in [-0.2, 0) is 19.9 Å². The Morgan fingerprint density at radius 3 is 2.89 bits per heavy atom. The van der Waals surface area contributed by atoms with Crippen LogP contribution in [0.4, 0.5) is 0 Å². The van der Waals surface area contributed by atoms with Gasteiger partial charge in [0.25, 0.3) is 0 Å². The summed E-state index contributed by atoms with van der Waals surface area (Å²) in [6, 6.07) is 4.16. The van der Waals surface area contributed by atoms with Gasteiger partial charge in [0.2, 0.25) is 0 Å². The lowest BCUT2D eigenvalue weighted by molar-refractivity contribution is 0.537. The molecule has 2 aromatic heterocycles. The van der Waals surface area contributed by atoms with Crippen molar-refractivity contribution in [3.63, 3.8) is 0 Å². The molecule has 0 aliphatic heterocycles. The summed E-state index contributed by atoms with van der Waals surface area (Å²) in [6.45, 7) is 2.05. The molecule has 0 bridgehead atoms. The van der Waals surface area contributed by atoms with Crippen LogP contribution in [0.25, 0.3) is 0 Å². The van der Waals surface area contributed by atoms with Crippen LogP contribution in [-0.4, -0.2) is 9.78 Å². The number of thiophene rings is 1. The number of hydrogen-bond donors (Lipinski definition) is 2. The number of aryl methyl sites for hydroxylation is 2. The quantitative estimate of drug-likeness (QED) is 0.655. The van der Waals surface area contributed by atoms with Gasteiger partial charge in [-0.05, 0) is 17.9 Å². The maximum atomic E-state index is 6.34. The molecule has 18 heavy (non-hydrogen) atoms. The first-order valence-electron chi connectivity index (χ1n) is 5.87. The predicted octanol–water partition coefficient (Wildman–Crippen LogP) is 2.44. The summed E-state index contributed by atoms with van der Waals surface area (Å²) < 4.78 is 1.85. The summed E-state index contributed by atoms with van der Waals surface area (Å²) in [5.41, 5.74) is 4.80. The zero-order chi connectivity index (χ0) is 13.1. The molecule has 2 rings (SSSR count). The SMILES string of the molecule is CCc1nn(C)c(CC(NN)c2cccs2)c1Cl. The van der Waals surface area contributed by atoms with Gasteiger partial charge in [-0.3, -0.25) is 16.0 Å². The molecule has 4 nitrogen and oxygen atoms in total. The van der Waals surface area contributed by atoms with Gasteiger partial charge in [-0.2, -0.15) is 5.10 Å². The minimum Gasteiger partial charge on any atom is -0.271 e. The van der Waals surface area contributed by atoms with Crippen LogP contribution in [0.5, 0.6) is 0 Å². The van der Waals surface area contributed by atoms with E-state index in [9.17, 15) is 0 Å². The summed E-state index contributed by atoms with van der Waals surface area (Å²) in [7, 11) is 1.92. The van der Waals surface area contributed by atoms with E-state index in [1.165, 1.54) is 4.88 Å². The molecule has 98 valence electrons. The van der Waals surface area contributed by atoms with Gasteiger partial charge in [-0.15, -0.1) is 11.3 Å². The van der Waals surface area contributed by atoms with Crippen molar-refractivity contribution >= 4 is 22.9 Å². The molecule has 0 radical (unpaired) electrons. The molecule has 0 aliphatic rings. The third-order valence-corrected chi connectivity index (χ3v) is 4.41. The van der Waals surface area contributed by atoms with Crippen LogP contribution >= 0.6 is 22.9 Å². The molecule has 0 amide bonds. The maximum Gasteiger partial charge on any atom is 0.0850 e. The number of rotatable bonds is 5. The summed E-state index contributed by atoms with van der Waals surface area (Å²) in [5.74, 6) is 5.64. The molecule has 1 atom stereocenters. The lowest BCUT2D eigenvalue weighted by Gasteiger charge is -2.14. The molecule has 1 unspecified atom stereocenters. The van der Waals surface area contributed by atoms with Gasteiger partial charge in [-0.1, -0.05) is 24.6 Å². The van der Waals surface area contributed by atoms with Crippen molar-refractivity contribution in [1.82, 2.24) is 15.2 Å². The minimum absolute atomic E-state index is 0.0719. The van der Waals surface area contributed by atoms with E-state index in [4.69, 9.17) is 17.4 Å². The molecule has 0 saturated carbocycles. The molecule has 0 spiro atoms. The van der Waals surface area contributed by atoms with E-state index < -0.39 is 0 Å². The first kappa shape index (κ1) is 13.5. The second-order valence-electron chi connectivity index (χ2n) is 4.12. The molecule has 2 heterocycles. The van der Waals surface area contributed by atoms with Gasteiger partial charge in [0.05, 0.1) is 22.5 Å². The molecule has 0 fully saturated rings. The largest absolute Gasteiger partial charge is 0.271 e. The van der Waals surface area contributed by atoms with Gasteiger partial charge < -0.3 is 0 Å². The molecule has 0 aromatic carbocycles. The van der Waals surface area contributed by atoms with Crippen molar-refractivity contribution in [3.05, 3.63) is 38.8 Å². The Balaban J connectivity index is 2.25. The van der Waals surface area contributed by atoms with E-state index in [-0.39, 0.29) is 6.04 Å². The molecule has 6 heteroatoms. The highest BCUT2D eigenvalue weighted by atomic mass is 35.5. The van der Waals surface area contributed by atoms with E-state index in [1.54, 1.807) is 11.3 Å². The molecular formula is C12H17ClN4S. The highest BCUT2D eigenvalue weighted by Gasteiger charge is 2.19. The van der Waals surface area contributed by atoms with Gasteiger partial charge in [0.15, 0.2) is 0 Å².